The van der Waals surface area contributed by atoms with Crippen LogP contribution in [0.15, 0.2) is 24.5 Å². The second-order valence-electron chi connectivity index (χ2n) is 3.60. The summed E-state index contributed by atoms with van der Waals surface area (Å²) < 4.78 is 1.99. The number of hydrogen-bond acceptors (Lipinski definition) is 3. The molecule has 0 bridgehead atoms. The molecule has 0 fully saturated rings. The van der Waals surface area contributed by atoms with Crippen LogP contribution in [0.3, 0.4) is 0 Å². The summed E-state index contributed by atoms with van der Waals surface area (Å²) in [7, 11) is 1.95. The first-order valence-electron chi connectivity index (χ1n) is 5.03. The Bertz CT molecular complexity index is 534. The molecule has 0 unspecified atom stereocenters. The Kier molecular flexibility index (Phi) is 2.69. The summed E-state index contributed by atoms with van der Waals surface area (Å²) >= 11 is 0. The number of aromatic nitrogens is 3. The van der Waals surface area contributed by atoms with Crippen molar-refractivity contribution in [3.8, 4) is 17.5 Å². The van der Waals surface area contributed by atoms with E-state index in [-0.39, 0.29) is 0 Å². The average molecular weight is 212 g/mol. The van der Waals surface area contributed by atoms with Gasteiger partial charge in [0.05, 0.1) is 18.2 Å². The number of nitriles is 1. The molecule has 2 aromatic heterocycles. The summed E-state index contributed by atoms with van der Waals surface area (Å²) in [5.74, 6) is 0.857. The largest absolute Gasteiger partial charge is 0.331 e. The van der Waals surface area contributed by atoms with Gasteiger partial charge in [-0.05, 0) is 19.1 Å². The fourth-order valence-electron chi connectivity index (χ4n) is 1.63. The summed E-state index contributed by atoms with van der Waals surface area (Å²) in [5, 5.41) is 8.70. The maximum Gasteiger partial charge on any atom is 0.141 e. The molecule has 0 aliphatic carbocycles. The zero-order valence-corrected chi connectivity index (χ0v) is 9.31. The molecule has 0 radical (unpaired) electrons. The number of imidazole rings is 1. The van der Waals surface area contributed by atoms with Gasteiger partial charge in [0, 0.05) is 30.7 Å². The molecule has 0 atom stereocenters. The molecule has 2 heterocycles. The fraction of sp³-hybridized carbons (Fsp3) is 0.250. The Morgan fingerprint density at radius 1 is 1.50 bits per heavy atom. The van der Waals surface area contributed by atoms with Crippen molar-refractivity contribution in [2.45, 2.75) is 13.3 Å². The quantitative estimate of drug-likeness (QED) is 0.763. The first-order valence-corrected chi connectivity index (χ1v) is 5.03. The highest BCUT2D eigenvalue weighted by atomic mass is 15.1. The molecule has 0 N–H and O–H groups in total. The Hall–Kier alpha value is -2.15. The van der Waals surface area contributed by atoms with Crippen molar-refractivity contribution < 1.29 is 0 Å². The van der Waals surface area contributed by atoms with Crippen molar-refractivity contribution in [2.24, 2.45) is 7.05 Å². The Morgan fingerprint density at radius 2 is 2.31 bits per heavy atom. The molecule has 0 aliphatic heterocycles. The van der Waals surface area contributed by atoms with Gasteiger partial charge in [0.1, 0.15) is 5.82 Å². The van der Waals surface area contributed by atoms with Crippen molar-refractivity contribution in [1.29, 1.82) is 5.26 Å². The first-order chi connectivity index (χ1) is 7.74. The van der Waals surface area contributed by atoms with Crippen molar-refractivity contribution in [2.75, 3.05) is 0 Å². The SMILES string of the molecule is Cc1c(CC#N)nc(-c2cccnc2)n1C. The molecule has 16 heavy (non-hydrogen) atoms. The van der Waals surface area contributed by atoms with E-state index in [0.717, 1.165) is 22.8 Å². The molecule has 2 rings (SSSR count). The summed E-state index contributed by atoms with van der Waals surface area (Å²) in [6, 6.07) is 5.97. The third-order valence-electron chi connectivity index (χ3n) is 2.65. The normalized spacial score (nSPS) is 10.1. The van der Waals surface area contributed by atoms with E-state index in [4.69, 9.17) is 5.26 Å². The molecule has 0 aliphatic rings. The maximum absolute atomic E-state index is 8.70. The molecule has 0 saturated carbocycles. The topological polar surface area (TPSA) is 54.5 Å². The van der Waals surface area contributed by atoms with Crippen LogP contribution in [0.2, 0.25) is 0 Å². The van der Waals surface area contributed by atoms with Gasteiger partial charge in [0.2, 0.25) is 0 Å². The molecule has 80 valence electrons. The lowest BCUT2D eigenvalue weighted by atomic mass is 10.3. The highest BCUT2D eigenvalue weighted by molar-refractivity contribution is 5.55. The van der Waals surface area contributed by atoms with E-state index in [9.17, 15) is 0 Å². The minimum absolute atomic E-state index is 0.347. The van der Waals surface area contributed by atoms with Gasteiger partial charge in [-0.3, -0.25) is 4.98 Å². The molecule has 2 aromatic rings. The van der Waals surface area contributed by atoms with Crippen LogP contribution in [0.4, 0.5) is 0 Å². The molecule has 4 nitrogen and oxygen atoms in total. The van der Waals surface area contributed by atoms with Crippen LogP contribution in [0.1, 0.15) is 11.4 Å². The standard InChI is InChI=1S/C12H12N4/c1-9-11(5-6-13)15-12(16(9)2)10-4-3-7-14-8-10/h3-4,7-8H,5H2,1-2H3. The van der Waals surface area contributed by atoms with Crippen LogP contribution in [0, 0.1) is 18.3 Å². The minimum Gasteiger partial charge on any atom is -0.331 e. The van der Waals surface area contributed by atoms with Gasteiger partial charge in [-0.1, -0.05) is 0 Å². The van der Waals surface area contributed by atoms with Crippen molar-refractivity contribution in [3.05, 3.63) is 35.9 Å². The zero-order chi connectivity index (χ0) is 11.5. The number of rotatable bonds is 2. The van der Waals surface area contributed by atoms with E-state index < -0.39 is 0 Å². The van der Waals surface area contributed by atoms with Crippen LogP contribution in [-0.2, 0) is 13.5 Å². The van der Waals surface area contributed by atoms with Gasteiger partial charge < -0.3 is 4.57 Å². The Balaban J connectivity index is 2.52. The van der Waals surface area contributed by atoms with E-state index in [1.165, 1.54) is 0 Å². The molecular formula is C12H12N4. The van der Waals surface area contributed by atoms with E-state index in [1.807, 2.05) is 30.7 Å². The Morgan fingerprint density at radius 3 is 2.94 bits per heavy atom. The van der Waals surface area contributed by atoms with Crippen molar-refractivity contribution in [3.63, 3.8) is 0 Å². The molecule has 0 aromatic carbocycles. The van der Waals surface area contributed by atoms with Gasteiger partial charge in [-0.25, -0.2) is 4.98 Å². The predicted octanol–water partition coefficient (Wildman–Crippen LogP) is 1.86. The zero-order valence-electron chi connectivity index (χ0n) is 9.31. The number of nitrogens with zero attached hydrogens (tertiary/aromatic N) is 4. The van der Waals surface area contributed by atoms with Gasteiger partial charge in [-0.15, -0.1) is 0 Å². The van der Waals surface area contributed by atoms with Crippen LogP contribution in [-0.4, -0.2) is 14.5 Å². The van der Waals surface area contributed by atoms with Crippen LogP contribution >= 0.6 is 0 Å². The van der Waals surface area contributed by atoms with Crippen LogP contribution in [0.25, 0.3) is 11.4 Å². The summed E-state index contributed by atoms with van der Waals surface area (Å²) in [6.07, 6.45) is 3.85. The summed E-state index contributed by atoms with van der Waals surface area (Å²) in [5.41, 5.74) is 2.83. The monoisotopic (exact) mass is 212 g/mol. The maximum atomic E-state index is 8.70. The van der Waals surface area contributed by atoms with Gasteiger partial charge in [0.25, 0.3) is 0 Å². The van der Waals surface area contributed by atoms with E-state index in [2.05, 4.69) is 16.0 Å². The van der Waals surface area contributed by atoms with Crippen molar-refractivity contribution in [1.82, 2.24) is 14.5 Å². The smallest absolute Gasteiger partial charge is 0.141 e. The lowest BCUT2D eigenvalue weighted by molar-refractivity contribution is 0.878. The highest BCUT2D eigenvalue weighted by Crippen LogP contribution is 2.20. The van der Waals surface area contributed by atoms with E-state index in [1.54, 1.807) is 12.4 Å². The highest BCUT2D eigenvalue weighted by Gasteiger charge is 2.11. The molecule has 0 saturated heterocycles. The van der Waals surface area contributed by atoms with E-state index in [0.29, 0.717) is 6.42 Å². The summed E-state index contributed by atoms with van der Waals surface area (Å²) in [6.45, 7) is 1.97. The number of pyridine rings is 1. The van der Waals surface area contributed by atoms with Crippen LogP contribution in [0.5, 0.6) is 0 Å². The third-order valence-corrected chi connectivity index (χ3v) is 2.65. The predicted molar refractivity (Wildman–Crippen MR) is 60.5 cm³/mol. The molecule has 0 spiro atoms. The van der Waals surface area contributed by atoms with Gasteiger partial charge in [-0.2, -0.15) is 5.26 Å². The van der Waals surface area contributed by atoms with Crippen molar-refractivity contribution >= 4 is 0 Å². The van der Waals surface area contributed by atoms with Gasteiger partial charge >= 0.3 is 0 Å². The lowest BCUT2D eigenvalue weighted by Crippen LogP contribution is -1.95. The summed E-state index contributed by atoms with van der Waals surface area (Å²) in [4.78, 5) is 8.54. The Labute approximate surface area is 94.2 Å². The first kappa shape index (κ1) is 10.4. The third kappa shape index (κ3) is 1.68. The fourth-order valence-corrected chi connectivity index (χ4v) is 1.63. The second-order valence-corrected chi connectivity index (χ2v) is 3.60. The van der Waals surface area contributed by atoms with Crippen LogP contribution < -0.4 is 0 Å². The number of hydrogen-bond donors (Lipinski definition) is 0. The molecular weight excluding hydrogens is 200 g/mol. The molecule has 0 amide bonds. The average Bonchev–Trinajstić information content (AvgIpc) is 2.59. The minimum atomic E-state index is 0.347. The van der Waals surface area contributed by atoms with Gasteiger partial charge in [0.15, 0.2) is 0 Å². The van der Waals surface area contributed by atoms with E-state index >= 15 is 0 Å². The second kappa shape index (κ2) is 4.15. The molecule has 4 heteroatoms. The lowest BCUT2D eigenvalue weighted by Gasteiger charge is -2.01.